The van der Waals surface area contributed by atoms with Crippen molar-refractivity contribution in [3.8, 4) is 5.75 Å². The molecule has 142 valence electrons. The third kappa shape index (κ3) is 8.13. The molecule has 9 heteroatoms. The lowest BCUT2D eigenvalue weighted by Crippen LogP contribution is -2.39. The van der Waals surface area contributed by atoms with Gasteiger partial charge in [0, 0.05) is 18.3 Å². The molecular formula is C16H24F3IN4O. The van der Waals surface area contributed by atoms with Crippen LogP contribution in [0.3, 0.4) is 0 Å². The van der Waals surface area contributed by atoms with Crippen LogP contribution in [0.4, 0.5) is 18.9 Å². The number of aliphatic imine (C=N–C) groups is 1. The molecule has 2 rings (SSSR count). The van der Waals surface area contributed by atoms with Crippen LogP contribution < -0.4 is 15.8 Å². The maximum atomic E-state index is 12.1. The van der Waals surface area contributed by atoms with Crippen molar-refractivity contribution in [2.45, 2.75) is 38.6 Å². The fourth-order valence-electron chi connectivity index (χ4n) is 2.72. The number of anilines is 1. The van der Waals surface area contributed by atoms with E-state index < -0.39 is 6.36 Å². The second-order valence-corrected chi connectivity index (χ2v) is 5.84. The second kappa shape index (κ2) is 10.0. The van der Waals surface area contributed by atoms with E-state index in [-0.39, 0.29) is 35.7 Å². The van der Waals surface area contributed by atoms with Crippen LogP contribution in [0.1, 0.15) is 26.2 Å². The molecule has 1 unspecified atom stereocenters. The minimum absolute atomic E-state index is 0. The number of likely N-dealkylation sites (tertiary alicyclic amines) is 1. The normalized spacial score (nSPS) is 19.2. The Hall–Kier alpha value is -1.23. The number of nitrogens with zero attached hydrogens (tertiary/aromatic N) is 2. The van der Waals surface area contributed by atoms with Crippen LogP contribution >= 0.6 is 24.0 Å². The van der Waals surface area contributed by atoms with Crippen LogP contribution in [-0.2, 0) is 0 Å². The van der Waals surface area contributed by atoms with Crippen LogP contribution in [-0.4, -0.2) is 42.9 Å². The number of halogens is 4. The molecule has 1 fully saturated rings. The zero-order chi connectivity index (χ0) is 17.6. The summed E-state index contributed by atoms with van der Waals surface area (Å²) in [4.78, 5) is 6.65. The van der Waals surface area contributed by atoms with Gasteiger partial charge in [-0.3, -0.25) is 9.89 Å². The van der Waals surface area contributed by atoms with Gasteiger partial charge in [0.2, 0.25) is 0 Å². The molecule has 0 radical (unpaired) electrons. The maximum Gasteiger partial charge on any atom is 0.573 e. The minimum atomic E-state index is -4.69. The lowest BCUT2D eigenvalue weighted by molar-refractivity contribution is -0.274. The molecule has 1 aromatic carbocycles. The molecule has 0 bridgehead atoms. The van der Waals surface area contributed by atoms with Crippen molar-refractivity contribution < 1.29 is 17.9 Å². The lowest BCUT2D eigenvalue weighted by atomic mass is 10.0. The number of nitrogens with two attached hydrogens (primary N) is 1. The lowest BCUT2D eigenvalue weighted by Gasteiger charge is -2.32. The Morgan fingerprint density at radius 1 is 1.32 bits per heavy atom. The summed E-state index contributed by atoms with van der Waals surface area (Å²) in [7, 11) is 0. The molecule has 5 nitrogen and oxygen atoms in total. The molecule has 0 spiro atoms. The van der Waals surface area contributed by atoms with E-state index in [1.165, 1.54) is 43.5 Å². The molecule has 25 heavy (non-hydrogen) atoms. The monoisotopic (exact) mass is 472 g/mol. The Morgan fingerprint density at radius 3 is 2.60 bits per heavy atom. The molecular weight excluding hydrogens is 448 g/mol. The number of hydrogen-bond donors (Lipinski definition) is 2. The van der Waals surface area contributed by atoms with Crippen molar-refractivity contribution >= 4 is 35.6 Å². The maximum absolute atomic E-state index is 12.1. The standard InChI is InChI=1S/C16H23F3N4O.HI/c1-12-4-2-3-10-23(12)11-9-21-15(20)22-13-5-7-14(8-6-13)24-16(17,18)19;/h5-8,12H,2-4,9-11H2,1H3,(H3,20,21,22);1H. The number of benzene rings is 1. The number of nitrogens with one attached hydrogen (secondary N) is 1. The van der Waals surface area contributed by atoms with Crippen LogP contribution in [0, 0.1) is 0 Å². The number of guanidine groups is 1. The Morgan fingerprint density at radius 2 is 2.00 bits per heavy atom. The van der Waals surface area contributed by atoms with Crippen molar-refractivity contribution in [2.75, 3.05) is 25.0 Å². The summed E-state index contributed by atoms with van der Waals surface area (Å²) < 4.78 is 40.1. The summed E-state index contributed by atoms with van der Waals surface area (Å²) >= 11 is 0. The Kier molecular flexibility index (Phi) is 8.77. The van der Waals surface area contributed by atoms with Gasteiger partial charge in [-0.25, -0.2) is 0 Å². The molecule has 1 aromatic rings. The first-order valence-corrected chi connectivity index (χ1v) is 8.00. The van der Waals surface area contributed by atoms with Crippen LogP contribution in [0.2, 0.25) is 0 Å². The smallest absolute Gasteiger partial charge is 0.406 e. The van der Waals surface area contributed by atoms with E-state index in [9.17, 15) is 13.2 Å². The van der Waals surface area contributed by atoms with Gasteiger partial charge in [0.15, 0.2) is 5.96 Å². The van der Waals surface area contributed by atoms with E-state index in [1.54, 1.807) is 0 Å². The van der Waals surface area contributed by atoms with E-state index in [4.69, 9.17) is 5.73 Å². The van der Waals surface area contributed by atoms with E-state index in [0.29, 0.717) is 18.3 Å². The van der Waals surface area contributed by atoms with E-state index in [1.807, 2.05) is 0 Å². The van der Waals surface area contributed by atoms with Crippen molar-refractivity contribution in [3.63, 3.8) is 0 Å². The van der Waals surface area contributed by atoms with Gasteiger partial charge in [-0.2, -0.15) is 0 Å². The van der Waals surface area contributed by atoms with Crippen molar-refractivity contribution in [2.24, 2.45) is 10.7 Å². The van der Waals surface area contributed by atoms with Gasteiger partial charge in [0.25, 0.3) is 0 Å². The number of alkyl halides is 3. The van der Waals surface area contributed by atoms with Crippen molar-refractivity contribution in [1.29, 1.82) is 0 Å². The Bertz CT molecular complexity index is 551. The molecule has 1 atom stereocenters. The second-order valence-electron chi connectivity index (χ2n) is 5.84. The Labute approximate surface area is 162 Å². The van der Waals surface area contributed by atoms with Gasteiger partial charge >= 0.3 is 6.36 Å². The van der Waals surface area contributed by atoms with Crippen molar-refractivity contribution in [1.82, 2.24) is 4.90 Å². The van der Waals surface area contributed by atoms with Gasteiger partial charge in [-0.15, -0.1) is 37.1 Å². The largest absolute Gasteiger partial charge is 0.573 e. The zero-order valence-corrected chi connectivity index (χ0v) is 16.4. The van der Waals surface area contributed by atoms with E-state index in [2.05, 4.69) is 26.9 Å². The molecule has 1 saturated heterocycles. The van der Waals surface area contributed by atoms with Crippen LogP contribution in [0.15, 0.2) is 29.3 Å². The molecule has 1 aliphatic heterocycles. The number of ether oxygens (including phenoxy) is 1. The minimum Gasteiger partial charge on any atom is -0.406 e. The number of piperidine rings is 1. The molecule has 1 aliphatic rings. The predicted octanol–water partition coefficient (Wildman–Crippen LogP) is 3.80. The Balaban J connectivity index is 0.00000312. The number of hydrogen-bond acceptors (Lipinski definition) is 3. The molecule has 3 N–H and O–H groups in total. The van der Waals surface area contributed by atoms with Gasteiger partial charge in [-0.05, 0) is 50.6 Å². The summed E-state index contributed by atoms with van der Waals surface area (Å²) in [5, 5.41) is 2.85. The molecule has 0 aromatic heterocycles. The first-order chi connectivity index (χ1) is 11.3. The topological polar surface area (TPSA) is 62.9 Å². The first kappa shape index (κ1) is 21.8. The zero-order valence-electron chi connectivity index (χ0n) is 14.1. The van der Waals surface area contributed by atoms with Gasteiger partial charge in [-0.1, -0.05) is 6.42 Å². The highest BCUT2D eigenvalue weighted by Crippen LogP contribution is 2.23. The van der Waals surface area contributed by atoms with E-state index >= 15 is 0 Å². The first-order valence-electron chi connectivity index (χ1n) is 8.00. The number of rotatable bonds is 5. The predicted molar refractivity (Wildman–Crippen MR) is 104 cm³/mol. The van der Waals surface area contributed by atoms with Gasteiger partial charge in [0.1, 0.15) is 5.75 Å². The van der Waals surface area contributed by atoms with E-state index in [0.717, 1.165) is 13.1 Å². The average molecular weight is 472 g/mol. The summed E-state index contributed by atoms with van der Waals surface area (Å²) in [6, 6.07) is 5.92. The third-order valence-corrected chi connectivity index (χ3v) is 3.97. The highest BCUT2D eigenvalue weighted by Gasteiger charge is 2.30. The quantitative estimate of drug-likeness (QED) is 0.389. The molecule has 1 heterocycles. The summed E-state index contributed by atoms with van der Waals surface area (Å²) in [6.45, 7) is 4.74. The molecule has 0 aliphatic carbocycles. The summed E-state index contributed by atoms with van der Waals surface area (Å²) in [6.07, 6.45) is -0.988. The van der Waals surface area contributed by atoms with Crippen LogP contribution in [0.25, 0.3) is 0 Å². The fourth-order valence-corrected chi connectivity index (χ4v) is 2.72. The molecule has 0 saturated carbocycles. The average Bonchev–Trinajstić information content (AvgIpc) is 2.50. The third-order valence-electron chi connectivity index (χ3n) is 3.97. The molecule has 0 amide bonds. The van der Waals surface area contributed by atoms with Crippen LogP contribution in [0.5, 0.6) is 5.75 Å². The summed E-state index contributed by atoms with van der Waals surface area (Å²) in [5.41, 5.74) is 6.36. The van der Waals surface area contributed by atoms with Gasteiger partial charge < -0.3 is 15.8 Å². The SMILES string of the molecule is CC1CCCCN1CCN=C(N)Nc1ccc(OC(F)(F)F)cc1.I. The summed E-state index contributed by atoms with van der Waals surface area (Å²) in [5.74, 6) is -0.0354. The van der Waals surface area contributed by atoms with Crippen molar-refractivity contribution in [3.05, 3.63) is 24.3 Å². The highest BCUT2D eigenvalue weighted by atomic mass is 127. The van der Waals surface area contributed by atoms with Gasteiger partial charge in [0.05, 0.1) is 6.54 Å². The fraction of sp³-hybridized carbons (Fsp3) is 0.562. The highest BCUT2D eigenvalue weighted by molar-refractivity contribution is 14.0.